The predicted molar refractivity (Wildman–Crippen MR) is 113 cm³/mol. The van der Waals surface area contributed by atoms with E-state index in [-0.39, 0.29) is 22.1 Å². The lowest BCUT2D eigenvalue weighted by atomic mass is 10.0. The van der Waals surface area contributed by atoms with Gasteiger partial charge in [-0.25, -0.2) is 4.39 Å². The molecule has 0 spiro atoms. The molecule has 0 saturated carbocycles. The van der Waals surface area contributed by atoms with Crippen LogP contribution < -0.4 is 14.2 Å². The molecule has 3 aromatic carbocycles. The highest BCUT2D eigenvalue weighted by atomic mass is 35.5. The topological polar surface area (TPSA) is 44.8 Å². The zero-order valence-corrected chi connectivity index (χ0v) is 17.1. The molecule has 3 aromatic rings. The standard InChI is InChI=1S/C24H18ClFO4/c1-14-9-17(29-13-15-5-3-6-16(10-15)28-2)11-21-23(14)24(27)22(30-21)12-18-19(25)7-4-8-20(18)26/h3-12H,13H2,1-2H3/b22-12-. The second-order valence-electron chi connectivity index (χ2n) is 6.83. The summed E-state index contributed by atoms with van der Waals surface area (Å²) in [6.45, 7) is 2.13. The summed E-state index contributed by atoms with van der Waals surface area (Å²) in [7, 11) is 1.61. The Labute approximate surface area is 178 Å². The van der Waals surface area contributed by atoms with Crippen molar-refractivity contribution < 1.29 is 23.4 Å². The predicted octanol–water partition coefficient (Wildman–Crippen LogP) is 5.99. The van der Waals surface area contributed by atoms with Gasteiger partial charge < -0.3 is 14.2 Å². The molecule has 6 heteroatoms. The Kier molecular flexibility index (Phi) is 5.46. The summed E-state index contributed by atoms with van der Waals surface area (Å²) < 4.78 is 30.9. The second kappa shape index (κ2) is 8.20. The maximum absolute atomic E-state index is 14.1. The Morgan fingerprint density at radius 3 is 2.67 bits per heavy atom. The van der Waals surface area contributed by atoms with E-state index in [0.717, 1.165) is 11.3 Å². The molecular formula is C24H18ClFO4. The van der Waals surface area contributed by atoms with Crippen LogP contribution in [0.4, 0.5) is 4.39 Å². The number of aryl methyl sites for hydroxylation is 1. The number of rotatable bonds is 5. The van der Waals surface area contributed by atoms with Crippen molar-refractivity contribution in [2.75, 3.05) is 7.11 Å². The van der Waals surface area contributed by atoms with Gasteiger partial charge in [-0.05, 0) is 54.5 Å². The van der Waals surface area contributed by atoms with Crippen molar-refractivity contribution in [3.05, 3.63) is 93.5 Å². The first-order valence-corrected chi connectivity index (χ1v) is 9.62. The van der Waals surface area contributed by atoms with E-state index in [4.69, 9.17) is 25.8 Å². The number of benzene rings is 3. The number of fused-ring (bicyclic) bond motifs is 1. The Hall–Kier alpha value is -3.31. The van der Waals surface area contributed by atoms with Crippen molar-refractivity contribution in [3.8, 4) is 17.2 Å². The van der Waals surface area contributed by atoms with Crippen LogP contribution in [0.2, 0.25) is 5.02 Å². The molecular weight excluding hydrogens is 407 g/mol. The van der Waals surface area contributed by atoms with Crippen LogP contribution in [0.1, 0.15) is 27.0 Å². The van der Waals surface area contributed by atoms with Gasteiger partial charge in [-0.15, -0.1) is 0 Å². The molecule has 0 aliphatic carbocycles. The second-order valence-corrected chi connectivity index (χ2v) is 7.24. The van der Waals surface area contributed by atoms with Gasteiger partial charge in [-0.1, -0.05) is 29.8 Å². The molecule has 1 aliphatic heterocycles. The Balaban J connectivity index is 1.59. The van der Waals surface area contributed by atoms with Gasteiger partial charge >= 0.3 is 0 Å². The summed E-state index contributed by atoms with van der Waals surface area (Å²) in [6, 6.07) is 15.3. The Morgan fingerprint density at radius 1 is 1.10 bits per heavy atom. The lowest BCUT2D eigenvalue weighted by Crippen LogP contribution is -2.00. The normalized spacial score (nSPS) is 13.9. The van der Waals surface area contributed by atoms with Crippen molar-refractivity contribution in [3.63, 3.8) is 0 Å². The van der Waals surface area contributed by atoms with E-state index in [2.05, 4.69) is 0 Å². The van der Waals surface area contributed by atoms with Crippen molar-refractivity contribution >= 4 is 23.5 Å². The fourth-order valence-electron chi connectivity index (χ4n) is 3.27. The van der Waals surface area contributed by atoms with E-state index < -0.39 is 5.82 Å². The number of methoxy groups -OCH3 is 1. The number of allylic oxidation sites excluding steroid dienone is 1. The Bertz CT molecular complexity index is 1150. The molecule has 0 fully saturated rings. The minimum atomic E-state index is -0.526. The zero-order chi connectivity index (χ0) is 21.3. The van der Waals surface area contributed by atoms with Gasteiger partial charge in [0.25, 0.3) is 0 Å². The van der Waals surface area contributed by atoms with Crippen LogP contribution in [0, 0.1) is 12.7 Å². The maximum atomic E-state index is 14.1. The summed E-state index contributed by atoms with van der Waals surface area (Å²) in [6.07, 6.45) is 1.33. The molecule has 0 N–H and O–H groups in total. The molecule has 0 saturated heterocycles. The summed E-state index contributed by atoms with van der Waals surface area (Å²) in [5.74, 6) is 0.857. The van der Waals surface area contributed by atoms with Crippen LogP contribution in [0.25, 0.3) is 6.08 Å². The van der Waals surface area contributed by atoms with Crippen LogP contribution >= 0.6 is 11.6 Å². The van der Waals surface area contributed by atoms with E-state index in [1.54, 1.807) is 32.2 Å². The molecule has 30 heavy (non-hydrogen) atoms. The third kappa shape index (κ3) is 3.89. The van der Waals surface area contributed by atoms with Crippen LogP contribution in [-0.2, 0) is 6.61 Å². The van der Waals surface area contributed by atoms with Gasteiger partial charge in [0.15, 0.2) is 5.76 Å². The fraction of sp³-hybridized carbons (Fsp3) is 0.125. The minimum Gasteiger partial charge on any atom is -0.497 e. The molecule has 4 nitrogen and oxygen atoms in total. The zero-order valence-electron chi connectivity index (χ0n) is 16.4. The summed E-state index contributed by atoms with van der Waals surface area (Å²) >= 11 is 6.06. The lowest BCUT2D eigenvalue weighted by molar-refractivity contribution is 0.101. The van der Waals surface area contributed by atoms with Crippen molar-refractivity contribution in [1.82, 2.24) is 0 Å². The van der Waals surface area contributed by atoms with E-state index >= 15 is 0 Å². The molecule has 0 amide bonds. The highest BCUT2D eigenvalue weighted by Gasteiger charge is 2.30. The number of hydrogen-bond acceptors (Lipinski definition) is 4. The van der Waals surface area contributed by atoms with E-state index in [1.165, 1.54) is 18.2 Å². The number of carbonyl (C=O) groups is 1. The van der Waals surface area contributed by atoms with Gasteiger partial charge in [-0.3, -0.25) is 4.79 Å². The summed E-state index contributed by atoms with van der Waals surface area (Å²) in [4.78, 5) is 12.8. The first kappa shape index (κ1) is 20.0. The molecule has 0 aromatic heterocycles. The van der Waals surface area contributed by atoms with Gasteiger partial charge in [-0.2, -0.15) is 0 Å². The van der Waals surface area contributed by atoms with Crippen LogP contribution in [0.15, 0.2) is 60.4 Å². The lowest BCUT2D eigenvalue weighted by Gasteiger charge is -2.10. The molecule has 152 valence electrons. The SMILES string of the molecule is COc1cccc(COc2cc(C)c3c(c2)O/C(=C\c2c(F)cccc2Cl)C3=O)c1. The Morgan fingerprint density at radius 2 is 1.90 bits per heavy atom. The van der Waals surface area contributed by atoms with Crippen LogP contribution in [0.5, 0.6) is 17.2 Å². The average molecular weight is 425 g/mol. The third-order valence-corrected chi connectivity index (χ3v) is 5.09. The fourth-order valence-corrected chi connectivity index (χ4v) is 3.49. The number of ether oxygens (including phenoxy) is 3. The summed E-state index contributed by atoms with van der Waals surface area (Å²) in [5.41, 5.74) is 2.20. The van der Waals surface area contributed by atoms with E-state index in [1.807, 2.05) is 24.3 Å². The third-order valence-electron chi connectivity index (χ3n) is 4.76. The van der Waals surface area contributed by atoms with Crippen molar-refractivity contribution in [2.24, 2.45) is 0 Å². The molecule has 4 rings (SSSR count). The molecule has 0 unspecified atom stereocenters. The number of Topliss-reactive ketones (excluding diaryl/α,β-unsaturated/α-hetero) is 1. The van der Waals surface area contributed by atoms with Gasteiger partial charge in [0.05, 0.1) is 17.7 Å². The average Bonchev–Trinajstić information content (AvgIpc) is 3.05. The molecule has 0 atom stereocenters. The number of ketones is 1. The largest absolute Gasteiger partial charge is 0.497 e. The highest BCUT2D eigenvalue weighted by molar-refractivity contribution is 6.32. The van der Waals surface area contributed by atoms with Gasteiger partial charge in [0.1, 0.15) is 29.7 Å². The molecule has 1 aliphatic rings. The van der Waals surface area contributed by atoms with E-state index in [0.29, 0.717) is 29.2 Å². The first-order valence-electron chi connectivity index (χ1n) is 9.25. The van der Waals surface area contributed by atoms with Crippen molar-refractivity contribution in [1.29, 1.82) is 0 Å². The number of halogens is 2. The monoisotopic (exact) mass is 424 g/mol. The minimum absolute atomic E-state index is 0.0186. The molecule has 0 bridgehead atoms. The smallest absolute Gasteiger partial charge is 0.232 e. The van der Waals surface area contributed by atoms with E-state index in [9.17, 15) is 9.18 Å². The van der Waals surface area contributed by atoms with Gasteiger partial charge in [0.2, 0.25) is 5.78 Å². The van der Waals surface area contributed by atoms with Gasteiger partial charge in [0, 0.05) is 11.6 Å². The molecule has 1 heterocycles. The molecule has 0 radical (unpaired) electrons. The van der Waals surface area contributed by atoms with Crippen LogP contribution in [0.3, 0.4) is 0 Å². The first-order chi connectivity index (χ1) is 14.5. The van der Waals surface area contributed by atoms with Crippen LogP contribution in [-0.4, -0.2) is 12.9 Å². The van der Waals surface area contributed by atoms with Crippen molar-refractivity contribution in [2.45, 2.75) is 13.5 Å². The summed E-state index contributed by atoms with van der Waals surface area (Å²) in [5, 5.41) is 0.203. The number of carbonyl (C=O) groups excluding carboxylic acids is 1. The highest BCUT2D eigenvalue weighted by Crippen LogP contribution is 2.38. The quantitative estimate of drug-likeness (QED) is 0.472. The number of hydrogen-bond donors (Lipinski definition) is 0. The maximum Gasteiger partial charge on any atom is 0.232 e.